The van der Waals surface area contributed by atoms with Gasteiger partial charge in [-0.3, -0.25) is 9.80 Å². The van der Waals surface area contributed by atoms with E-state index in [9.17, 15) is 4.79 Å². The van der Waals surface area contributed by atoms with Crippen molar-refractivity contribution in [3.05, 3.63) is 82.9 Å². The van der Waals surface area contributed by atoms with E-state index < -0.39 is 0 Å². The first kappa shape index (κ1) is 23.5. The molecule has 1 aliphatic rings. The van der Waals surface area contributed by atoms with Crippen LogP contribution in [-0.4, -0.2) is 68.3 Å². The van der Waals surface area contributed by atoms with E-state index in [1.165, 1.54) is 11.1 Å². The number of ether oxygens (including phenoxy) is 2. The molecule has 0 saturated carbocycles. The molecule has 1 atom stereocenters. The summed E-state index contributed by atoms with van der Waals surface area (Å²) in [5, 5.41) is 0.762. The van der Waals surface area contributed by atoms with Crippen LogP contribution in [0.5, 0.6) is 0 Å². The van der Waals surface area contributed by atoms with Gasteiger partial charge in [0.15, 0.2) is 0 Å². The van der Waals surface area contributed by atoms with Crippen LogP contribution in [0.1, 0.15) is 24.1 Å². The first-order chi connectivity index (χ1) is 15.2. The van der Waals surface area contributed by atoms with Gasteiger partial charge in [0.25, 0.3) is 0 Å². The third kappa shape index (κ3) is 7.47. The molecule has 0 aliphatic carbocycles. The van der Waals surface area contributed by atoms with Crippen LogP contribution >= 0.6 is 11.6 Å². The van der Waals surface area contributed by atoms with Crippen molar-refractivity contribution in [3.8, 4) is 0 Å². The quantitative estimate of drug-likeness (QED) is 0.313. The number of benzene rings is 2. The fourth-order valence-corrected chi connectivity index (χ4v) is 3.93. The molecule has 0 aromatic heterocycles. The van der Waals surface area contributed by atoms with Crippen molar-refractivity contribution in [2.75, 3.05) is 52.5 Å². The monoisotopic (exact) mass is 442 g/mol. The molecule has 0 radical (unpaired) electrons. The zero-order valence-electron chi connectivity index (χ0n) is 18.1. The van der Waals surface area contributed by atoms with E-state index in [-0.39, 0.29) is 18.6 Å². The van der Waals surface area contributed by atoms with E-state index in [1.54, 1.807) is 6.92 Å². The number of esters is 1. The van der Waals surface area contributed by atoms with Crippen LogP contribution in [0, 0.1) is 0 Å². The van der Waals surface area contributed by atoms with Crippen LogP contribution in [0.15, 0.2) is 66.7 Å². The maximum absolute atomic E-state index is 11.2. The highest BCUT2D eigenvalue weighted by molar-refractivity contribution is 6.30. The molecule has 5 nitrogen and oxygen atoms in total. The Morgan fingerprint density at radius 2 is 1.68 bits per heavy atom. The molecule has 1 aliphatic heterocycles. The fourth-order valence-electron chi connectivity index (χ4n) is 3.80. The third-order valence-corrected chi connectivity index (χ3v) is 5.59. The van der Waals surface area contributed by atoms with Crippen LogP contribution in [0.3, 0.4) is 0 Å². The van der Waals surface area contributed by atoms with Gasteiger partial charge >= 0.3 is 5.97 Å². The van der Waals surface area contributed by atoms with Gasteiger partial charge in [-0.15, -0.1) is 0 Å². The van der Waals surface area contributed by atoms with Gasteiger partial charge in [0.2, 0.25) is 0 Å². The number of piperazine rings is 1. The zero-order chi connectivity index (χ0) is 21.9. The number of rotatable bonds is 10. The van der Waals surface area contributed by atoms with Gasteiger partial charge in [-0.25, -0.2) is 4.79 Å². The van der Waals surface area contributed by atoms with Gasteiger partial charge in [0, 0.05) is 37.7 Å². The summed E-state index contributed by atoms with van der Waals surface area (Å²) in [4.78, 5) is 16.2. The van der Waals surface area contributed by atoms with Crippen molar-refractivity contribution in [1.29, 1.82) is 0 Å². The molecular formula is C25H31ClN2O3. The van der Waals surface area contributed by atoms with Crippen molar-refractivity contribution in [3.63, 3.8) is 0 Å². The molecule has 166 valence electrons. The molecule has 1 fully saturated rings. The van der Waals surface area contributed by atoms with Gasteiger partial charge in [-0.1, -0.05) is 66.2 Å². The maximum Gasteiger partial charge on any atom is 0.332 e. The number of carbonyl (C=O) groups is 1. The minimum atomic E-state index is -0.319. The molecule has 1 saturated heterocycles. The molecule has 0 N–H and O–H groups in total. The summed E-state index contributed by atoms with van der Waals surface area (Å²) in [6.45, 7) is 7.48. The highest BCUT2D eigenvalue weighted by Gasteiger charge is 2.25. The summed E-state index contributed by atoms with van der Waals surface area (Å²) in [5.74, 6) is -0.319. The van der Waals surface area contributed by atoms with Crippen molar-refractivity contribution in [2.24, 2.45) is 0 Å². The second-order valence-electron chi connectivity index (χ2n) is 7.49. The molecule has 0 amide bonds. The second kappa shape index (κ2) is 12.6. The summed E-state index contributed by atoms with van der Waals surface area (Å²) in [5.41, 5.74) is 2.57. The van der Waals surface area contributed by atoms with Crippen molar-refractivity contribution in [2.45, 2.75) is 13.0 Å². The van der Waals surface area contributed by atoms with Crippen LogP contribution in [0.25, 0.3) is 0 Å². The first-order valence-corrected chi connectivity index (χ1v) is 11.2. The highest BCUT2D eigenvalue weighted by atomic mass is 35.5. The second-order valence-corrected chi connectivity index (χ2v) is 7.93. The van der Waals surface area contributed by atoms with Crippen LogP contribution < -0.4 is 0 Å². The summed E-state index contributed by atoms with van der Waals surface area (Å²) in [6.07, 6.45) is 4.07. The van der Waals surface area contributed by atoms with E-state index in [4.69, 9.17) is 21.1 Å². The lowest BCUT2D eigenvalue weighted by atomic mass is 9.96. The number of hydrogen-bond acceptors (Lipinski definition) is 5. The Balaban J connectivity index is 1.50. The Hall–Kier alpha value is -2.18. The highest BCUT2D eigenvalue weighted by Crippen LogP contribution is 2.30. The molecule has 31 heavy (non-hydrogen) atoms. The molecule has 0 spiro atoms. The van der Waals surface area contributed by atoms with Gasteiger partial charge in [-0.2, -0.15) is 0 Å². The van der Waals surface area contributed by atoms with Gasteiger partial charge in [0.05, 0.1) is 19.3 Å². The SMILES string of the molecule is CCOC(=O)COC/C=C\CN1CCN([C@H](c2ccccc2)c2ccc(Cl)cc2)CC1. The zero-order valence-corrected chi connectivity index (χ0v) is 18.8. The van der Waals surface area contributed by atoms with Crippen LogP contribution in [0.2, 0.25) is 5.02 Å². The summed E-state index contributed by atoms with van der Waals surface area (Å²) in [7, 11) is 0. The molecular weight excluding hydrogens is 412 g/mol. The number of carbonyl (C=O) groups excluding carboxylic acids is 1. The van der Waals surface area contributed by atoms with E-state index in [2.05, 4.69) is 58.3 Å². The van der Waals surface area contributed by atoms with Crippen molar-refractivity contribution in [1.82, 2.24) is 9.80 Å². The lowest BCUT2D eigenvalue weighted by Crippen LogP contribution is -2.47. The van der Waals surface area contributed by atoms with E-state index in [0.29, 0.717) is 13.2 Å². The molecule has 6 heteroatoms. The van der Waals surface area contributed by atoms with E-state index >= 15 is 0 Å². The normalized spacial score (nSPS) is 16.5. The summed E-state index contributed by atoms with van der Waals surface area (Å²) in [6, 6.07) is 19.1. The molecule has 1 heterocycles. The Morgan fingerprint density at radius 3 is 2.35 bits per heavy atom. The average Bonchev–Trinajstić information content (AvgIpc) is 2.79. The molecule has 2 aromatic carbocycles. The fraction of sp³-hybridized carbons (Fsp3) is 0.400. The molecule has 3 rings (SSSR count). The first-order valence-electron chi connectivity index (χ1n) is 10.8. The topological polar surface area (TPSA) is 42.0 Å². The van der Waals surface area contributed by atoms with Gasteiger partial charge in [-0.05, 0) is 30.2 Å². The lowest BCUT2D eigenvalue weighted by molar-refractivity contribution is -0.147. The summed E-state index contributed by atoms with van der Waals surface area (Å²) < 4.78 is 10.1. The predicted molar refractivity (Wildman–Crippen MR) is 124 cm³/mol. The third-order valence-electron chi connectivity index (χ3n) is 5.34. The standard InChI is InChI=1S/C25H31ClN2O3/c1-2-31-24(29)20-30-19-7-6-14-27-15-17-28(18-16-27)25(21-8-4-3-5-9-21)22-10-12-23(26)13-11-22/h3-13,25H,2,14-20H2,1H3/b7-6-/t25-/m1/s1. The average molecular weight is 443 g/mol. The maximum atomic E-state index is 11.2. The Labute approximate surface area is 190 Å². The van der Waals surface area contributed by atoms with Gasteiger partial charge < -0.3 is 9.47 Å². The number of halogens is 1. The minimum Gasteiger partial charge on any atom is -0.464 e. The minimum absolute atomic E-state index is 0.00241. The van der Waals surface area contributed by atoms with Crippen LogP contribution in [-0.2, 0) is 14.3 Å². The Bertz CT molecular complexity index is 818. The lowest BCUT2D eigenvalue weighted by Gasteiger charge is -2.39. The number of nitrogens with zero attached hydrogens (tertiary/aromatic N) is 2. The molecule has 2 aromatic rings. The van der Waals surface area contributed by atoms with Crippen LogP contribution in [0.4, 0.5) is 0 Å². The molecule has 0 unspecified atom stereocenters. The summed E-state index contributed by atoms with van der Waals surface area (Å²) >= 11 is 6.12. The van der Waals surface area contributed by atoms with E-state index in [1.807, 2.05) is 18.2 Å². The smallest absolute Gasteiger partial charge is 0.332 e. The van der Waals surface area contributed by atoms with Crippen molar-refractivity contribution < 1.29 is 14.3 Å². The number of hydrogen-bond donors (Lipinski definition) is 0. The molecule has 0 bridgehead atoms. The van der Waals surface area contributed by atoms with Gasteiger partial charge in [0.1, 0.15) is 6.61 Å². The van der Waals surface area contributed by atoms with Crippen molar-refractivity contribution >= 4 is 17.6 Å². The Morgan fingerprint density at radius 1 is 1.00 bits per heavy atom. The largest absolute Gasteiger partial charge is 0.464 e. The Kier molecular flexibility index (Phi) is 9.56. The predicted octanol–water partition coefficient (Wildman–Crippen LogP) is 4.18. The van der Waals surface area contributed by atoms with E-state index in [0.717, 1.165) is 37.7 Å².